The minimum Gasteiger partial charge on any atom is -0.426 e. The summed E-state index contributed by atoms with van der Waals surface area (Å²) in [5, 5.41) is 1.68. The maximum Gasteiger partial charge on any atom is 0.311 e. The Balaban J connectivity index is 1.72. The number of hydrogen-bond donors (Lipinski definition) is 0. The van der Waals surface area contributed by atoms with Gasteiger partial charge in [0.15, 0.2) is 0 Å². The molecule has 0 bridgehead atoms. The van der Waals surface area contributed by atoms with Crippen LogP contribution in [-0.4, -0.2) is 11.9 Å². The lowest BCUT2D eigenvalue weighted by atomic mass is 9.90. The van der Waals surface area contributed by atoms with Crippen molar-refractivity contribution in [3.8, 4) is 11.5 Å². The van der Waals surface area contributed by atoms with E-state index in [4.69, 9.17) is 9.47 Å². The molecule has 36 heavy (non-hydrogen) atoms. The van der Waals surface area contributed by atoms with E-state index in [1.807, 2.05) is 24.3 Å². The van der Waals surface area contributed by atoms with Crippen molar-refractivity contribution < 1.29 is 19.1 Å². The van der Waals surface area contributed by atoms with Crippen molar-refractivity contribution in [2.24, 2.45) is 0 Å². The molecular formula is C32H44O4. The van der Waals surface area contributed by atoms with E-state index in [1.165, 1.54) is 51.4 Å². The van der Waals surface area contributed by atoms with Gasteiger partial charge in [-0.2, -0.15) is 0 Å². The molecule has 3 rings (SSSR count). The second-order valence-electron chi connectivity index (χ2n) is 10.0. The molecule has 0 aromatic heterocycles. The van der Waals surface area contributed by atoms with Gasteiger partial charge in [0, 0.05) is 34.7 Å². The first kappa shape index (κ1) is 28.0. The van der Waals surface area contributed by atoms with E-state index in [0.29, 0.717) is 37.2 Å². The van der Waals surface area contributed by atoms with Crippen LogP contribution in [0.1, 0.15) is 115 Å². The summed E-state index contributed by atoms with van der Waals surface area (Å²) in [4.78, 5) is 25.6. The van der Waals surface area contributed by atoms with Crippen molar-refractivity contribution in [3.63, 3.8) is 0 Å². The highest BCUT2D eigenvalue weighted by Gasteiger charge is 2.24. The van der Waals surface area contributed by atoms with Gasteiger partial charge < -0.3 is 9.47 Å². The fraction of sp³-hybridized carbons (Fsp3) is 0.562. The number of carbonyl (C=O) groups is 2. The fourth-order valence-corrected chi connectivity index (χ4v) is 4.97. The van der Waals surface area contributed by atoms with Gasteiger partial charge in [-0.05, 0) is 25.7 Å². The second kappa shape index (κ2) is 15.5. The molecule has 1 aliphatic rings. The SMILES string of the molecule is CCCCCCCCC(=O)Oc1c2c(c(OC(=O)CCCCCCCC)c3ccccc13)CC=CC2. The Morgan fingerprint density at radius 3 is 1.42 bits per heavy atom. The van der Waals surface area contributed by atoms with Crippen LogP contribution in [0.2, 0.25) is 0 Å². The molecule has 0 fully saturated rings. The van der Waals surface area contributed by atoms with E-state index in [2.05, 4.69) is 26.0 Å². The largest absolute Gasteiger partial charge is 0.426 e. The first-order valence-electron chi connectivity index (χ1n) is 14.3. The van der Waals surface area contributed by atoms with Crippen LogP contribution in [0.4, 0.5) is 0 Å². The third-order valence-corrected chi connectivity index (χ3v) is 7.04. The molecule has 4 nitrogen and oxygen atoms in total. The van der Waals surface area contributed by atoms with Gasteiger partial charge in [-0.1, -0.05) is 114 Å². The van der Waals surface area contributed by atoms with Gasteiger partial charge in [-0.3, -0.25) is 9.59 Å². The lowest BCUT2D eigenvalue weighted by molar-refractivity contribution is -0.135. The summed E-state index contributed by atoms with van der Waals surface area (Å²) in [7, 11) is 0. The Hall–Kier alpha value is -2.62. The van der Waals surface area contributed by atoms with Gasteiger partial charge in [0.05, 0.1) is 0 Å². The fourth-order valence-electron chi connectivity index (χ4n) is 4.97. The number of carbonyl (C=O) groups excluding carboxylic acids is 2. The Kier molecular flexibility index (Phi) is 12.0. The van der Waals surface area contributed by atoms with E-state index >= 15 is 0 Å². The van der Waals surface area contributed by atoms with Crippen molar-refractivity contribution in [2.75, 3.05) is 0 Å². The molecule has 2 aromatic carbocycles. The van der Waals surface area contributed by atoms with Crippen LogP contribution < -0.4 is 9.47 Å². The van der Waals surface area contributed by atoms with Crippen LogP contribution in [0.15, 0.2) is 36.4 Å². The Labute approximate surface area is 217 Å². The number of ether oxygens (including phenoxy) is 2. The first-order valence-corrected chi connectivity index (χ1v) is 14.3. The minimum atomic E-state index is -0.180. The summed E-state index contributed by atoms with van der Waals surface area (Å²) in [5.74, 6) is 0.911. The number of benzene rings is 2. The number of unbranched alkanes of at least 4 members (excludes halogenated alkanes) is 10. The Morgan fingerprint density at radius 2 is 1.00 bits per heavy atom. The summed E-state index contributed by atoms with van der Waals surface area (Å²) in [6, 6.07) is 7.82. The van der Waals surface area contributed by atoms with E-state index in [-0.39, 0.29) is 11.9 Å². The molecule has 0 heterocycles. The number of fused-ring (bicyclic) bond motifs is 2. The number of esters is 2. The van der Waals surface area contributed by atoms with Crippen molar-refractivity contribution in [3.05, 3.63) is 47.5 Å². The number of rotatable bonds is 16. The smallest absolute Gasteiger partial charge is 0.311 e. The molecule has 4 heteroatoms. The van der Waals surface area contributed by atoms with Gasteiger partial charge in [0.2, 0.25) is 0 Å². The molecule has 1 aliphatic carbocycles. The van der Waals surface area contributed by atoms with Gasteiger partial charge in [-0.25, -0.2) is 0 Å². The standard InChI is InChI=1S/C32H44O4/c1-3-5-7-9-11-13-23-29(33)35-31-25-19-15-17-21-27(25)32(28-22-18-16-20-26(28)31)36-30(34)24-14-12-10-8-6-4-2/h15-19,21H,3-14,20,22-24H2,1-2H3. The second-order valence-corrected chi connectivity index (χ2v) is 10.0. The molecule has 0 amide bonds. The van der Waals surface area contributed by atoms with Crippen molar-refractivity contribution in [1.82, 2.24) is 0 Å². The lowest BCUT2D eigenvalue weighted by Crippen LogP contribution is -2.15. The van der Waals surface area contributed by atoms with E-state index < -0.39 is 0 Å². The molecule has 0 unspecified atom stereocenters. The average Bonchev–Trinajstić information content (AvgIpc) is 2.90. The van der Waals surface area contributed by atoms with Gasteiger partial charge in [-0.15, -0.1) is 0 Å². The van der Waals surface area contributed by atoms with Crippen LogP contribution >= 0.6 is 0 Å². The summed E-state index contributed by atoms with van der Waals surface area (Å²) < 4.78 is 12.0. The van der Waals surface area contributed by atoms with Crippen molar-refractivity contribution in [1.29, 1.82) is 0 Å². The molecule has 0 spiro atoms. The van der Waals surface area contributed by atoms with E-state index in [9.17, 15) is 9.59 Å². The first-order chi connectivity index (χ1) is 17.7. The number of allylic oxidation sites excluding steroid dienone is 2. The summed E-state index contributed by atoms with van der Waals surface area (Å²) in [5.41, 5.74) is 1.93. The zero-order valence-corrected chi connectivity index (χ0v) is 22.4. The normalized spacial score (nSPS) is 12.5. The van der Waals surface area contributed by atoms with Crippen LogP contribution in [0, 0.1) is 0 Å². The maximum absolute atomic E-state index is 12.8. The molecule has 0 atom stereocenters. The highest BCUT2D eigenvalue weighted by Crippen LogP contribution is 2.43. The lowest BCUT2D eigenvalue weighted by Gasteiger charge is -2.22. The zero-order valence-electron chi connectivity index (χ0n) is 22.4. The predicted molar refractivity (Wildman–Crippen MR) is 148 cm³/mol. The molecule has 0 aliphatic heterocycles. The summed E-state index contributed by atoms with van der Waals surface area (Å²) >= 11 is 0. The predicted octanol–water partition coefficient (Wildman–Crippen LogP) is 8.81. The summed E-state index contributed by atoms with van der Waals surface area (Å²) in [6.07, 6.45) is 20.0. The Bertz CT molecular complexity index is 940. The third-order valence-electron chi connectivity index (χ3n) is 7.04. The highest BCUT2D eigenvalue weighted by atomic mass is 16.5. The third kappa shape index (κ3) is 8.21. The minimum absolute atomic E-state index is 0.180. The van der Waals surface area contributed by atoms with Gasteiger partial charge >= 0.3 is 11.9 Å². The Morgan fingerprint density at radius 1 is 0.611 bits per heavy atom. The zero-order chi connectivity index (χ0) is 25.6. The highest BCUT2D eigenvalue weighted by molar-refractivity contribution is 5.99. The molecule has 0 radical (unpaired) electrons. The molecule has 2 aromatic rings. The van der Waals surface area contributed by atoms with Crippen LogP contribution in [0.5, 0.6) is 11.5 Å². The van der Waals surface area contributed by atoms with Crippen molar-refractivity contribution in [2.45, 2.75) is 117 Å². The quantitative estimate of drug-likeness (QED) is 0.102. The van der Waals surface area contributed by atoms with E-state index in [1.54, 1.807) is 0 Å². The molecule has 196 valence electrons. The molecule has 0 N–H and O–H groups in total. The maximum atomic E-state index is 12.8. The van der Waals surface area contributed by atoms with Crippen LogP contribution in [0.25, 0.3) is 10.8 Å². The molecular weight excluding hydrogens is 448 g/mol. The van der Waals surface area contributed by atoms with Crippen molar-refractivity contribution >= 4 is 22.7 Å². The number of hydrogen-bond acceptors (Lipinski definition) is 4. The monoisotopic (exact) mass is 492 g/mol. The van der Waals surface area contributed by atoms with Crippen LogP contribution in [-0.2, 0) is 22.4 Å². The van der Waals surface area contributed by atoms with E-state index in [0.717, 1.165) is 47.6 Å². The average molecular weight is 493 g/mol. The van der Waals surface area contributed by atoms with Gasteiger partial charge in [0.1, 0.15) is 11.5 Å². The van der Waals surface area contributed by atoms with Crippen LogP contribution in [0.3, 0.4) is 0 Å². The van der Waals surface area contributed by atoms with Gasteiger partial charge in [0.25, 0.3) is 0 Å². The molecule has 0 saturated carbocycles. The summed E-state index contributed by atoms with van der Waals surface area (Å²) in [6.45, 7) is 4.42. The molecule has 0 saturated heterocycles. The topological polar surface area (TPSA) is 52.6 Å².